The Balaban J connectivity index is 2.44. The smallest absolute Gasteiger partial charge is 0.141 e. The van der Waals surface area contributed by atoms with Crippen molar-refractivity contribution in [2.75, 3.05) is 6.61 Å². The molecule has 0 saturated heterocycles. The molecule has 1 aromatic carbocycles. The molecule has 0 saturated carbocycles. The van der Waals surface area contributed by atoms with Crippen LogP contribution in [0.3, 0.4) is 0 Å². The summed E-state index contributed by atoms with van der Waals surface area (Å²) in [5.41, 5.74) is 1.98. The van der Waals surface area contributed by atoms with E-state index in [0.717, 1.165) is 21.6 Å². The molecular weight excluding hydrogens is 268 g/mol. The number of benzene rings is 1. The Bertz CT molecular complexity index is 494. The summed E-state index contributed by atoms with van der Waals surface area (Å²) in [6, 6.07) is 7.98. The maximum absolute atomic E-state index is 8.89. The summed E-state index contributed by atoms with van der Waals surface area (Å²) in [5, 5.41) is 8.89. The van der Waals surface area contributed by atoms with Crippen molar-refractivity contribution >= 4 is 15.9 Å². The van der Waals surface area contributed by atoms with Crippen molar-refractivity contribution in [3.63, 3.8) is 0 Å². The molecule has 3 nitrogen and oxygen atoms in total. The second kappa shape index (κ2) is 4.80. The van der Waals surface area contributed by atoms with Crippen molar-refractivity contribution in [2.45, 2.75) is 6.42 Å². The number of imidazole rings is 1. The van der Waals surface area contributed by atoms with Crippen molar-refractivity contribution in [3.05, 3.63) is 40.6 Å². The average Bonchev–Trinajstić information content (AvgIpc) is 2.61. The first-order valence-corrected chi connectivity index (χ1v) is 5.89. The fourth-order valence-corrected chi connectivity index (χ4v) is 2.12. The van der Waals surface area contributed by atoms with Gasteiger partial charge in [0.25, 0.3) is 0 Å². The van der Waals surface area contributed by atoms with Crippen LogP contribution in [0.15, 0.2) is 34.9 Å². The van der Waals surface area contributed by atoms with Gasteiger partial charge in [0.05, 0.1) is 5.69 Å². The zero-order chi connectivity index (χ0) is 11.5. The number of aliphatic hydroxyl groups is 1. The van der Waals surface area contributed by atoms with E-state index >= 15 is 0 Å². The number of hydrogen-bond donors (Lipinski definition) is 1. The molecule has 0 bridgehead atoms. The molecule has 0 atom stereocenters. The molecule has 0 spiro atoms. The number of aryl methyl sites for hydroxylation is 1. The lowest BCUT2D eigenvalue weighted by atomic mass is 10.2. The minimum Gasteiger partial charge on any atom is -0.396 e. The van der Waals surface area contributed by atoms with E-state index in [-0.39, 0.29) is 6.61 Å². The Morgan fingerprint density at radius 3 is 2.81 bits per heavy atom. The molecular formula is C12H13BrN2O. The van der Waals surface area contributed by atoms with E-state index in [2.05, 4.69) is 20.9 Å². The Hall–Kier alpha value is -1.13. The summed E-state index contributed by atoms with van der Waals surface area (Å²) in [6.07, 6.45) is 2.54. The lowest BCUT2D eigenvalue weighted by molar-refractivity contribution is 0.298. The second-order valence-corrected chi connectivity index (χ2v) is 4.47. The number of aliphatic hydroxyl groups excluding tert-OH is 1. The van der Waals surface area contributed by atoms with Crippen LogP contribution in [0.2, 0.25) is 0 Å². The van der Waals surface area contributed by atoms with Crippen LogP contribution in [0.4, 0.5) is 0 Å². The van der Waals surface area contributed by atoms with Crippen LogP contribution in [0.25, 0.3) is 11.4 Å². The van der Waals surface area contributed by atoms with Crippen molar-refractivity contribution < 1.29 is 5.11 Å². The van der Waals surface area contributed by atoms with E-state index in [1.165, 1.54) is 0 Å². The molecule has 0 aliphatic rings. The van der Waals surface area contributed by atoms with Crippen LogP contribution in [0.5, 0.6) is 0 Å². The van der Waals surface area contributed by atoms with Gasteiger partial charge in [0, 0.05) is 36.3 Å². The Morgan fingerprint density at radius 2 is 2.12 bits per heavy atom. The monoisotopic (exact) mass is 280 g/mol. The summed E-state index contributed by atoms with van der Waals surface area (Å²) in [4.78, 5) is 4.50. The van der Waals surface area contributed by atoms with Crippen molar-refractivity contribution in [1.82, 2.24) is 9.55 Å². The van der Waals surface area contributed by atoms with Gasteiger partial charge in [-0.3, -0.25) is 0 Å². The summed E-state index contributed by atoms with van der Waals surface area (Å²) >= 11 is 3.51. The van der Waals surface area contributed by atoms with Gasteiger partial charge in [0.15, 0.2) is 0 Å². The predicted molar refractivity (Wildman–Crippen MR) is 67.1 cm³/mol. The molecule has 2 rings (SSSR count). The predicted octanol–water partition coefficient (Wildman–Crippen LogP) is 2.38. The standard InChI is InChI=1S/C12H13BrN2O/c1-15-8-9(6-7-16)14-12(15)10-4-2-3-5-11(10)13/h2-5,8,16H,6-7H2,1H3. The van der Waals surface area contributed by atoms with Gasteiger partial charge in [-0.05, 0) is 6.07 Å². The van der Waals surface area contributed by atoms with E-state index < -0.39 is 0 Å². The third-order valence-electron chi connectivity index (χ3n) is 2.41. The largest absolute Gasteiger partial charge is 0.396 e. The third-order valence-corrected chi connectivity index (χ3v) is 3.10. The topological polar surface area (TPSA) is 38.0 Å². The van der Waals surface area contributed by atoms with Gasteiger partial charge >= 0.3 is 0 Å². The van der Waals surface area contributed by atoms with E-state index in [1.807, 2.05) is 42.1 Å². The SMILES string of the molecule is Cn1cc(CCO)nc1-c1ccccc1Br. The summed E-state index contributed by atoms with van der Waals surface area (Å²) in [5.74, 6) is 0.913. The lowest BCUT2D eigenvalue weighted by Gasteiger charge is -2.03. The average molecular weight is 281 g/mol. The fraction of sp³-hybridized carbons (Fsp3) is 0.250. The van der Waals surface area contributed by atoms with Crippen LogP contribution in [-0.4, -0.2) is 21.3 Å². The highest BCUT2D eigenvalue weighted by atomic mass is 79.9. The molecule has 84 valence electrons. The highest BCUT2D eigenvalue weighted by Gasteiger charge is 2.09. The number of rotatable bonds is 3. The molecule has 0 aliphatic heterocycles. The molecule has 0 fully saturated rings. The maximum Gasteiger partial charge on any atom is 0.141 e. The zero-order valence-corrected chi connectivity index (χ0v) is 10.6. The van der Waals surface area contributed by atoms with E-state index in [0.29, 0.717) is 6.42 Å². The number of aromatic nitrogens is 2. The van der Waals surface area contributed by atoms with E-state index in [4.69, 9.17) is 5.11 Å². The van der Waals surface area contributed by atoms with Crippen molar-refractivity contribution in [3.8, 4) is 11.4 Å². The highest BCUT2D eigenvalue weighted by Crippen LogP contribution is 2.26. The fourth-order valence-electron chi connectivity index (χ4n) is 1.66. The normalized spacial score (nSPS) is 10.7. The minimum absolute atomic E-state index is 0.131. The molecule has 16 heavy (non-hydrogen) atoms. The molecule has 4 heteroatoms. The summed E-state index contributed by atoms with van der Waals surface area (Å²) in [6.45, 7) is 0.131. The van der Waals surface area contributed by atoms with Crippen LogP contribution >= 0.6 is 15.9 Å². The first-order chi connectivity index (χ1) is 7.72. The molecule has 1 aromatic heterocycles. The molecule has 0 radical (unpaired) electrons. The Kier molecular flexibility index (Phi) is 3.41. The maximum atomic E-state index is 8.89. The molecule has 2 aromatic rings. The van der Waals surface area contributed by atoms with Crippen LogP contribution in [0, 0.1) is 0 Å². The lowest BCUT2D eigenvalue weighted by Crippen LogP contribution is -1.91. The Labute approximate surface area is 103 Å². The van der Waals surface area contributed by atoms with Gasteiger partial charge in [-0.1, -0.05) is 34.1 Å². The molecule has 1 heterocycles. The summed E-state index contributed by atoms with van der Waals surface area (Å²) < 4.78 is 3.00. The molecule has 0 aliphatic carbocycles. The van der Waals surface area contributed by atoms with Crippen molar-refractivity contribution in [2.24, 2.45) is 7.05 Å². The van der Waals surface area contributed by atoms with Gasteiger partial charge < -0.3 is 9.67 Å². The highest BCUT2D eigenvalue weighted by molar-refractivity contribution is 9.10. The number of nitrogens with zero attached hydrogens (tertiary/aromatic N) is 2. The molecule has 0 unspecified atom stereocenters. The van der Waals surface area contributed by atoms with Gasteiger partial charge in [-0.2, -0.15) is 0 Å². The van der Waals surface area contributed by atoms with Gasteiger partial charge in [0.1, 0.15) is 5.82 Å². The van der Waals surface area contributed by atoms with Crippen molar-refractivity contribution in [1.29, 1.82) is 0 Å². The molecule has 1 N–H and O–H groups in total. The molecule has 0 amide bonds. The zero-order valence-electron chi connectivity index (χ0n) is 9.02. The van der Waals surface area contributed by atoms with Gasteiger partial charge in [-0.25, -0.2) is 4.98 Å². The van der Waals surface area contributed by atoms with Gasteiger partial charge in [0.2, 0.25) is 0 Å². The van der Waals surface area contributed by atoms with Crippen LogP contribution < -0.4 is 0 Å². The first kappa shape index (κ1) is 11.4. The quantitative estimate of drug-likeness (QED) is 0.938. The second-order valence-electron chi connectivity index (χ2n) is 3.62. The number of halogens is 1. The minimum atomic E-state index is 0.131. The summed E-state index contributed by atoms with van der Waals surface area (Å²) in [7, 11) is 1.96. The van der Waals surface area contributed by atoms with E-state index in [1.54, 1.807) is 0 Å². The van der Waals surface area contributed by atoms with E-state index in [9.17, 15) is 0 Å². The van der Waals surface area contributed by atoms with Crippen LogP contribution in [0.1, 0.15) is 5.69 Å². The third kappa shape index (κ3) is 2.18. The van der Waals surface area contributed by atoms with Gasteiger partial charge in [-0.15, -0.1) is 0 Å². The first-order valence-electron chi connectivity index (χ1n) is 5.10. The van der Waals surface area contributed by atoms with Crippen LogP contribution in [-0.2, 0) is 13.5 Å². The number of hydrogen-bond acceptors (Lipinski definition) is 2. The Morgan fingerprint density at radius 1 is 1.38 bits per heavy atom.